The minimum Gasteiger partial charge on any atom is -0.369 e. The zero-order chi connectivity index (χ0) is 14.0. The highest BCUT2D eigenvalue weighted by Crippen LogP contribution is 2.25. The number of carbonyl (C=O) groups is 1. The lowest BCUT2D eigenvalue weighted by atomic mass is 10.2. The van der Waals surface area contributed by atoms with Crippen molar-refractivity contribution in [2.45, 2.75) is 25.4 Å². The van der Waals surface area contributed by atoms with E-state index in [1.807, 2.05) is 0 Å². The second-order valence-corrected chi connectivity index (χ2v) is 5.23. The van der Waals surface area contributed by atoms with Gasteiger partial charge in [-0.2, -0.15) is 0 Å². The third kappa shape index (κ3) is 3.98. The number of nitrogens with zero attached hydrogens (tertiary/aromatic N) is 1. The lowest BCUT2D eigenvalue weighted by molar-refractivity contribution is -0.122. The molecule has 1 saturated heterocycles. The van der Waals surface area contributed by atoms with Gasteiger partial charge in [0, 0.05) is 24.8 Å². The molecule has 0 radical (unpaired) electrons. The molecule has 1 aromatic rings. The number of rotatable bonds is 3. The van der Waals surface area contributed by atoms with Crippen LogP contribution in [0.1, 0.15) is 13.3 Å². The molecule has 2 rings (SSSR count). The first-order valence-corrected chi connectivity index (χ1v) is 6.61. The third-order valence-electron chi connectivity index (χ3n) is 3.22. The average Bonchev–Trinajstić information content (AvgIpc) is 2.81. The van der Waals surface area contributed by atoms with Gasteiger partial charge in [0.25, 0.3) is 0 Å². The Labute approximate surface area is 128 Å². The van der Waals surface area contributed by atoms with E-state index in [2.05, 4.69) is 10.2 Å². The number of halogens is 3. The van der Waals surface area contributed by atoms with Crippen molar-refractivity contribution in [2.75, 3.05) is 18.0 Å². The predicted molar refractivity (Wildman–Crippen MR) is 81.1 cm³/mol. The second kappa shape index (κ2) is 7.11. The molecular weight excluding hydrogens is 304 g/mol. The van der Waals surface area contributed by atoms with Crippen molar-refractivity contribution >= 4 is 35.6 Å². The van der Waals surface area contributed by atoms with E-state index in [1.54, 1.807) is 19.1 Å². The number of benzene rings is 1. The van der Waals surface area contributed by atoms with Gasteiger partial charge in [0.2, 0.25) is 5.91 Å². The minimum atomic E-state index is -0.505. The van der Waals surface area contributed by atoms with Crippen LogP contribution in [-0.2, 0) is 4.79 Å². The molecule has 4 nitrogen and oxygen atoms in total. The Kier molecular flexibility index (Phi) is 6.05. The number of amides is 1. The van der Waals surface area contributed by atoms with Crippen molar-refractivity contribution in [3.63, 3.8) is 0 Å². The third-order valence-corrected chi connectivity index (χ3v) is 3.51. The van der Waals surface area contributed by atoms with Gasteiger partial charge in [-0.25, -0.2) is 4.39 Å². The molecule has 1 aliphatic rings. The van der Waals surface area contributed by atoms with Gasteiger partial charge >= 0.3 is 0 Å². The van der Waals surface area contributed by atoms with Crippen LogP contribution in [0.5, 0.6) is 0 Å². The summed E-state index contributed by atoms with van der Waals surface area (Å²) in [5.74, 6) is -0.574. The summed E-state index contributed by atoms with van der Waals surface area (Å²) in [5, 5.41) is 3.00. The van der Waals surface area contributed by atoms with Gasteiger partial charge < -0.3 is 16.0 Å². The van der Waals surface area contributed by atoms with Crippen molar-refractivity contribution in [3.05, 3.63) is 29.0 Å². The number of anilines is 1. The summed E-state index contributed by atoms with van der Waals surface area (Å²) < 4.78 is 13.1. The maximum absolute atomic E-state index is 13.1. The van der Waals surface area contributed by atoms with Crippen LogP contribution in [0.25, 0.3) is 0 Å². The van der Waals surface area contributed by atoms with Crippen LogP contribution < -0.4 is 16.0 Å². The molecule has 0 aliphatic carbocycles. The molecule has 1 aromatic carbocycles. The Morgan fingerprint density at radius 1 is 1.60 bits per heavy atom. The van der Waals surface area contributed by atoms with Gasteiger partial charge in [-0.15, -0.1) is 12.4 Å². The molecule has 1 heterocycles. The number of hydrogen-bond donors (Lipinski definition) is 2. The molecule has 2 unspecified atom stereocenters. The topological polar surface area (TPSA) is 58.4 Å². The largest absolute Gasteiger partial charge is 0.369 e. The van der Waals surface area contributed by atoms with Crippen LogP contribution in [0.4, 0.5) is 10.1 Å². The molecule has 1 fully saturated rings. The number of hydrogen-bond acceptors (Lipinski definition) is 3. The van der Waals surface area contributed by atoms with E-state index in [4.69, 9.17) is 17.3 Å². The van der Waals surface area contributed by atoms with E-state index in [0.29, 0.717) is 6.54 Å². The minimum absolute atomic E-state index is 0. The van der Waals surface area contributed by atoms with Crippen molar-refractivity contribution in [2.24, 2.45) is 5.73 Å². The fraction of sp³-hybridized carbons (Fsp3) is 0.462. The van der Waals surface area contributed by atoms with Crippen LogP contribution in [0.3, 0.4) is 0 Å². The smallest absolute Gasteiger partial charge is 0.236 e. The molecule has 1 amide bonds. The van der Waals surface area contributed by atoms with Gasteiger partial charge in [-0.3, -0.25) is 4.79 Å². The second-order valence-electron chi connectivity index (χ2n) is 4.83. The fourth-order valence-corrected chi connectivity index (χ4v) is 2.30. The fourth-order valence-electron chi connectivity index (χ4n) is 2.13. The molecule has 20 heavy (non-hydrogen) atoms. The summed E-state index contributed by atoms with van der Waals surface area (Å²) in [7, 11) is 0. The first-order valence-electron chi connectivity index (χ1n) is 6.23. The predicted octanol–water partition coefficient (Wildman–Crippen LogP) is 1.94. The molecule has 1 aliphatic heterocycles. The molecule has 0 saturated carbocycles. The Morgan fingerprint density at radius 3 is 2.90 bits per heavy atom. The number of nitrogens with two attached hydrogens (primary N) is 1. The highest BCUT2D eigenvalue weighted by Gasteiger charge is 2.25. The summed E-state index contributed by atoms with van der Waals surface area (Å²) in [6.45, 7) is 3.13. The number of carbonyl (C=O) groups excluding carboxylic acids is 1. The van der Waals surface area contributed by atoms with Gasteiger partial charge in [-0.1, -0.05) is 11.6 Å². The Morgan fingerprint density at radius 2 is 2.30 bits per heavy atom. The zero-order valence-corrected chi connectivity index (χ0v) is 12.7. The van der Waals surface area contributed by atoms with Crippen molar-refractivity contribution in [1.82, 2.24) is 5.32 Å². The quantitative estimate of drug-likeness (QED) is 0.894. The Balaban J connectivity index is 0.00000200. The SMILES string of the molecule is CC(N)C(=O)NC1CCN(c2ccc(F)c(Cl)c2)C1.Cl. The molecule has 0 aromatic heterocycles. The van der Waals surface area contributed by atoms with Crippen LogP contribution in [0.15, 0.2) is 18.2 Å². The van der Waals surface area contributed by atoms with Crippen LogP contribution in [0, 0.1) is 5.82 Å². The van der Waals surface area contributed by atoms with Gasteiger partial charge in [-0.05, 0) is 31.5 Å². The lowest BCUT2D eigenvalue weighted by Crippen LogP contribution is -2.44. The van der Waals surface area contributed by atoms with E-state index < -0.39 is 11.9 Å². The zero-order valence-electron chi connectivity index (χ0n) is 11.1. The Bertz CT molecular complexity index is 485. The first kappa shape index (κ1) is 17.0. The molecular formula is C13H18Cl2FN3O. The lowest BCUT2D eigenvalue weighted by Gasteiger charge is -2.20. The maximum Gasteiger partial charge on any atom is 0.236 e. The van der Waals surface area contributed by atoms with Gasteiger partial charge in [0.05, 0.1) is 11.1 Å². The van der Waals surface area contributed by atoms with Crippen LogP contribution >= 0.6 is 24.0 Å². The average molecular weight is 322 g/mol. The molecule has 0 spiro atoms. The summed E-state index contributed by atoms with van der Waals surface area (Å²) in [5.41, 5.74) is 6.38. The Hall–Kier alpha value is -1.04. The van der Waals surface area contributed by atoms with E-state index in [9.17, 15) is 9.18 Å². The van der Waals surface area contributed by atoms with E-state index >= 15 is 0 Å². The molecule has 7 heteroatoms. The van der Waals surface area contributed by atoms with Crippen molar-refractivity contribution in [3.8, 4) is 0 Å². The molecule has 112 valence electrons. The van der Waals surface area contributed by atoms with Crippen molar-refractivity contribution < 1.29 is 9.18 Å². The van der Waals surface area contributed by atoms with E-state index in [-0.39, 0.29) is 29.4 Å². The first-order chi connectivity index (χ1) is 8.97. The van der Waals surface area contributed by atoms with E-state index in [1.165, 1.54) is 6.07 Å². The maximum atomic E-state index is 13.1. The molecule has 2 atom stereocenters. The van der Waals surface area contributed by atoms with Crippen LogP contribution in [-0.4, -0.2) is 31.1 Å². The summed E-state index contributed by atoms with van der Waals surface area (Å²) in [4.78, 5) is 13.6. The van der Waals surface area contributed by atoms with Gasteiger partial charge in [0.15, 0.2) is 0 Å². The summed E-state index contributed by atoms with van der Waals surface area (Å²) in [6.07, 6.45) is 0.841. The standard InChI is InChI=1S/C13H17ClFN3O.ClH/c1-8(16)13(19)17-9-4-5-18(7-9)10-2-3-12(15)11(14)6-10;/h2-3,6,8-9H,4-5,7,16H2,1H3,(H,17,19);1H. The summed E-state index contributed by atoms with van der Waals surface area (Å²) >= 11 is 5.77. The normalized spacial score (nSPS) is 19.4. The molecule has 3 N–H and O–H groups in total. The van der Waals surface area contributed by atoms with Gasteiger partial charge in [0.1, 0.15) is 5.82 Å². The monoisotopic (exact) mass is 321 g/mol. The highest BCUT2D eigenvalue weighted by molar-refractivity contribution is 6.31. The summed E-state index contributed by atoms with van der Waals surface area (Å²) in [6, 6.07) is 4.21. The van der Waals surface area contributed by atoms with Crippen molar-refractivity contribution in [1.29, 1.82) is 0 Å². The number of nitrogens with one attached hydrogen (secondary N) is 1. The molecule has 0 bridgehead atoms. The van der Waals surface area contributed by atoms with E-state index in [0.717, 1.165) is 18.7 Å². The van der Waals surface area contributed by atoms with Crippen LogP contribution in [0.2, 0.25) is 5.02 Å². The highest BCUT2D eigenvalue weighted by atomic mass is 35.5.